The average Bonchev–Trinajstić information content (AvgIpc) is 2.85. The van der Waals surface area contributed by atoms with Crippen LogP contribution in [-0.2, 0) is 4.79 Å². The number of aromatic nitrogens is 2. The van der Waals surface area contributed by atoms with Crippen LogP contribution in [0.4, 0.5) is 5.69 Å². The van der Waals surface area contributed by atoms with E-state index < -0.39 is 6.04 Å². The van der Waals surface area contributed by atoms with E-state index in [-0.39, 0.29) is 18.2 Å². The van der Waals surface area contributed by atoms with E-state index in [0.29, 0.717) is 22.1 Å². The summed E-state index contributed by atoms with van der Waals surface area (Å²) in [7, 11) is 0. The summed E-state index contributed by atoms with van der Waals surface area (Å²) in [5.74, 6) is -0.0556. The Morgan fingerprint density at radius 2 is 1.42 bits per heavy atom. The van der Waals surface area contributed by atoms with Crippen LogP contribution in [0.15, 0.2) is 97.3 Å². The molecule has 0 spiro atoms. The van der Waals surface area contributed by atoms with Crippen molar-refractivity contribution in [1.82, 2.24) is 15.3 Å². The number of hydrogen-bond acceptors (Lipinski definition) is 4. The van der Waals surface area contributed by atoms with Crippen molar-refractivity contribution < 1.29 is 9.59 Å². The van der Waals surface area contributed by atoms with Gasteiger partial charge in [0.25, 0.3) is 5.91 Å². The summed E-state index contributed by atoms with van der Waals surface area (Å²) < 4.78 is 0. The number of amides is 2. The summed E-state index contributed by atoms with van der Waals surface area (Å²) in [6.45, 7) is 0. The molecule has 1 aromatic heterocycles. The summed E-state index contributed by atoms with van der Waals surface area (Å²) in [6, 6.07) is 25.2. The molecule has 1 unspecified atom stereocenters. The monoisotopic (exact) mass is 456 g/mol. The molecule has 0 aliphatic heterocycles. The molecule has 0 bridgehead atoms. The first-order valence-electron chi connectivity index (χ1n) is 10.4. The number of carbonyl (C=O) groups is 2. The first-order chi connectivity index (χ1) is 16.1. The number of nitrogens with one attached hydrogen (secondary N) is 2. The van der Waals surface area contributed by atoms with E-state index in [1.54, 1.807) is 36.7 Å². The Kier molecular flexibility index (Phi) is 7.07. The molecule has 0 saturated heterocycles. The van der Waals surface area contributed by atoms with Gasteiger partial charge in [-0.2, -0.15) is 0 Å². The van der Waals surface area contributed by atoms with Gasteiger partial charge >= 0.3 is 0 Å². The Labute approximate surface area is 196 Å². The van der Waals surface area contributed by atoms with Crippen LogP contribution >= 0.6 is 11.6 Å². The van der Waals surface area contributed by atoms with Crippen LogP contribution in [0.3, 0.4) is 0 Å². The van der Waals surface area contributed by atoms with Gasteiger partial charge in [0.05, 0.1) is 41.1 Å². The van der Waals surface area contributed by atoms with Gasteiger partial charge in [-0.3, -0.25) is 9.59 Å². The molecule has 6 nitrogen and oxygen atoms in total. The first kappa shape index (κ1) is 22.2. The zero-order valence-corrected chi connectivity index (χ0v) is 18.4. The quantitative estimate of drug-likeness (QED) is 0.395. The molecule has 0 fully saturated rings. The Morgan fingerprint density at radius 3 is 2.09 bits per heavy atom. The molecule has 0 radical (unpaired) electrons. The number of hydrogen-bond donors (Lipinski definition) is 2. The standard InChI is InChI=1S/C26H21ClN4O2/c27-22-14-8-7-13-21(22)26(33)31-23(18-9-3-1-4-10-18)15-24(32)30-20-16-28-25(29-17-20)19-11-5-2-6-12-19/h1-14,16-17,23H,15H2,(H,30,32)(H,31,33). The van der Waals surface area contributed by atoms with Gasteiger partial charge in [0, 0.05) is 5.56 Å². The van der Waals surface area contributed by atoms with Crippen molar-refractivity contribution in [3.63, 3.8) is 0 Å². The van der Waals surface area contributed by atoms with E-state index in [0.717, 1.165) is 11.1 Å². The number of halogens is 1. The third kappa shape index (κ3) is 5.81. The topological polar surface area (TPSA) is 84.0 Å². The van der Waals surface area contributed by atoms with Gasteiger partial charge in [0.1, 0.15) is 0 Å². The maximum absolute atomic E-state index is 12.8. The van der Waals surface area contributed by atoms with Crippen molar-refractivity contribution in [3.8, 4) is 11.4 Å². The minimum Gasteiger partial charge on any atom is -0.345 e. The minimum atomic E-state index is -0.542. The van der Waals surface area contributed by atoms with Gasteiger partial charge in [-0.25, -0.2) is 9.97 Å². The van der Waals surface area contributed by atoms with Gasteiger partial charge in [-0.1, -0.05) is 84.4 Å². The average molecular weight is 457 g/mol. The SMILES string of the molecule is O=C(CC(NC(=O)c1ccccc1Cl)c1ccccc1)Nc1cnc(-c2ccccc2)nc1. The molecule has 1 heterocycles. The Bertz CT molecular complexity index is 1230. The summed E-state index contributed by atoms with van der Waals surface area (Å²) in [5.41, 5.74) is 2.53. The van der Waals surface area contributed by atoms with Crippen molar-refractivity contribution in [2.45, 2.75) is 12.5 Å². The highest BCUT2D eigenvalue weighted by Gasteiger charge is 2.20. The second-order valence-corrected chi connectivity index (χ2v) is 7.74. The molecule has 0 saturated carbocycles. The molecular formula is C26H21ClN4O2. The van der Waals surface area contributed by atoms with Crippen LogP contribution in [0.25, 0.3) is 11.4 Å². The van der Waals surface area contributed by atoms with Crippen LogP contribution in [0, 0.1) is 0 Å². The molecule has 2 N–H and O–H groups in total. The second-order valence-electron chi connectivity index (χ2n) is 7.33. The summed E-state index contributed by atoms with van der Waals surface area (Å²) >= 11 is 6.16. The molecule has 4 aromatic rings. The fourth-order valence-electron chi connectivity index (χ4n) is 3.35. The van der Waals surface area contributed by atoms with Crippen molar-refractivity contribution in [3.05, 3.63) is 113 Å². The Morgan fingerprint density at radius 1 is 0.818 bits per heavy atom. The number of rotatable bonds is 7. The number of carbonyl (C=O) groups excluding carboxylic acids is 2. The predicted molar refractivity (Wildman–Crippen MR) is 129 cm³/mol. The molecule has 0 aliphatic rings. The van der Waals surface area contributed by atoms with Crippen LogP contribution in [0.5, 0.6) is 0 Å². The van der Waals surface area contributed by atoms with Crippen LogP contribution in [0.2, 0.25) is 5.02 Å². The largest absolute Gasteiger partial charge is 0.345 e. The number of anilines is 1. The molecule has 0 aliphatic carbocycles. The van der Waals surface area contributed by atoms with Crippen LogP contribution < -0.4 is 10.6 Å². The molecule has 1 atom stereocenters. The molecule has 3 aromatic carbocycles. The third-order valence-electron chi connectivity index (χ3n) is 4.98. The lowest BCUT2D eigenvalue weighted by molar-refractivity contribution is -0.116. The van der Waals surface area contributed by atoms with Crippen molar-refractivity contribution in [2.24, 2.45) is 0 Å². The highest BCUT2D eigenvalue weighted by molar-refractivity contribution is 6.33. The predicted octanol–water partition coefficient (Wildman–Crippen LogP) is 5.30. The lowest BCUT2D eigenvalue weighted by atomic mass is 10.0. The lowest BCUT2D eigenvalue weighted by Crippen LogP contribution is -2.31. The molecule has 4 rings (SSSR count). The van der Waals surface area contributed by atoms with Gasteiger partial charge in [0.2, 0.25) is 5.91 Å². The maximum Gasteiger partial charge on any atom is 0.253 e. The van der Waals surface area contributed by atoms with Crippen molar-refractivity contribution in [2.75, 3.05) is 5.32 Å². The molecule has 164 valence electrons. The molecule has 33 heavy (non-hydrogen) atoms. The third-order valence-corrected chi connectivity index (χ3v) is 5.31. The molecule has 7 heteroatoms. The van der Waals surface area contributed by atoms with Crippen LogP contribution in [-0.4, -0.2) is 21.8 Å². The highest BCUT2D eigenvalue weighted by atomic mass is 35.5. The zero-order valence-electron chi connectivity index (χ0n) is 17.6. The zero-order chi connectivity index (χ0) is 23.0. The van der Waals surface area contributed by atoms with Gasteiger partial charge in [-0.05, 0) is 17.7 Å². The summed E-state index contributed by atoms with van der Waals surface area (Å²) in [6.07, 6.45) is 3.15. The maximum atomic E-state index is 12.8. The highest BCUT2D eigenvalue weighted by Crippen LogP contribution is 2.21. The van der Waals surface area contributed by atoms with E-state index in [2.05, 4.69) is 20.6 Å². The Balaban J connectivity index is 1.46. The van der Waals surface area contributed by atoms with Gasteiger partial charge in [-0.15, -0.1) is 0 Å². The van der Waals surface area contributed by atoms with E-state index >= 15 is 0 Å². The van der Waals surface area contributed by atoms with Crippen molar-refractivity contribution >= 4 is 29.1 Å². The van der Waals surface area contributed by atoms with Crippen molar-refractivity contribution in [1.29, 1.82) is 0 Å². The van der Waals surface area contributed by atoms with Gasteiger partial charge in [0.15, 0.2) is 5.82 Å². The second kappa shape index (κ2) is 10.5. The number of nitrogens with zero attached hydrogens (tertiary/aromatic N) is 2. The fraction of sp³-hybridized carbons (Fsp3) is 0.0769. The normalized spacial score (nSPS) is 11.4. The lowest BCUT2D eigenvalue weighted by Gasteiger charge is -2.19. The van der Waals surface area contributed by atoms with Gasteiger partial charge < -0.3 is 10.6 Å². The summed E-state index contributed by atoms with van der Waals surface area (Å²) in [4.78, 5) is 34.3. The molecule has 2 amide bonds. The van der Waals surface area contributed by atoms with E-state index in [4.69, 9.17) is 11.6 Å². The number of benzene rings is 3. The van der Waals surface area contributed by atoms with E-state index in [9.17, 15) is 9.59 Å². The minimum absolute atomic E-state index is 0.0284. The van der Waals surface area contributed by atoms with E-state index in [1.165, 1.54) is 0 Å². The van der Waals surface area contributed by atoms with Crippen LogP contribution in [0.1, 0.15) is 28.4 Å². The van der Waals surface area contributed by atoms with E-state index in [1.807, 2.05) is 60.7 Å². The Hall–Kier alpha value is -4.03. The first-order valence-corrected chi connectivity index (χ1v) is 10.8. The smallest absolute Gasteiger partial charge is 0.253 e. The summed E-state index contributed by atoms with van der Waals surface area (Å²) in [5, 5.41) is 6.08. The molecular weight excluding hydrogens is 436 g/mol. The fourth-order valence-corrected chi connectivity index (χ4v) is 3.57.